The minimum Gasteiger partial charge on any atom is -0.408 e. The number of rotatable bonds is 1. The Morgan fingerprint density at radius 2 is 1.60 bits per heavy atom. The summed E-state index contributed by atoms with van der Waals surface area (Å²) in [6.07, 6.45) is -12.0. The molecule has 110 valence electrons. The number of oxazole rings is 1. The van der Waals surface area contributed by atoms with Crippen LogP contribution in [0.2, 0.25) is 0 Å². The Bertz CT molecular complexity index is 681. The summed E-state index contributed by atoms with van der Waals surface area (Å²) >= 11 is 0. The van der Waals surface area contributed by atoms with Gasteiger partial charge in [-0.2, -0.15) is 26.3 Å². The lowest BCUT2D eigenvalue weighted by atomic mass is 9.92. The van der Waals surface area contributed by atoms with Crippen molar-refractivity contribution in [2.24, 2.45) is 0 Å². The van der Waals surface area contributed by atoms with Crippen LogP contribution in [0.3, 0.4) is 0 Å². The van der Waals surface area contributed by atoms with Gasteiger partial charge in [-0.05, 0) is 12.1 Å². The van der Waals surface area contributed by atoms with Crippen molar-refractivity contribution in [2.75, 3.05) is 0 Å². The number of hydrogen-bond donors (Lipinski definition) is 2. The molecule has 0 aliphatic carbocycles. The number of alkyl halides is 6. The van der Waals surface area contributed by atoms with Crippen molar-refractivity contribution < 1.29 is 35.9 Å². The van der Waals surface area contributed by atoms with E-state index in [1.165, 1.54) is 0 Å². The van der Waals surface area contributed by atoms with Gasteiger partial charge in [0.05, 0.1) is 5.52 Å². The Hall–Kier alpha value is -1.97. The number of hydrogen-bond acceptors (Lipinski definition) is 3. The van der Waals surface area contributed by atoms with E-state index in [-0.39, 0.29) is 5.52 Å². The molecule has 20 heavy (non-hydrogen) atoms. The lowest BCUT2D eigenvalue weighted by Gasteiger charge is -2.32. The summed E-state index contributed by atoms with van der Waals surface area (Å²) in [7, 11) is 0. The zero-order valence-corrected chi connectivity index (χ0v) is 9.26. The van der Waals surface area contributed by atoms with E-state index in [0.29, 0.717) is 12.1 Å². The predicted octanol–water partition coefficient (Wildman–Crippen LogP) is 2.43. The Morgan fingerprint density at radius 1 is 1.05 bits per heavy atom. The molecule has 2 N–H and O–H groups in total. The summed E-state index contributed by atoms with van der Waals surface area (Å²) in [5.41, 5.74) is -7.16. The van der Waals surface area contributed by atoms with Gasteiger partial charge < -0.3 is 9.52 Å². The topological polar surface area (TPSA) is 66.2 Å². The second-order valence-corrected chi connectivity index (χ2v) is 3.93. The Morgan fingerprint density at radius 3 is 2.10 bits per heavy atom. The van der Waals surface area contributed by atoms with Crippen molar-refractivity contribution in [3.63, 3.8) is 0 Å². The molecule has 4 nitrogen and oxygen atoms in total. The lowest BCUT2D eigenvalue weighted by Crippen LogP contribution is -2.53. The van der Waals surface area contributed by atoms with Gasteiger partial charge in [-0.25, -0.2) is 4.79 Å². The van der Waals surface area contributed by atoms with Crippen molar-refractivity contribution in [1.29, 1.82) is 0 Å². The highest BCUT2D eigenvalue weighted by Crippen LogP contribution is 2.50. The number of aliphatic hydroxyl groups is 1. The van der Waals surface area contributed by atoms with E-state index in [1.807, 2.05) is 4.98 Å². The van der Waals surface area contributed by atoms with Crippen molar-refractivity contribution in [1.82, 2.24) is 4.98 Å². The Balaban J connectivity index is 2.72. The second kappa shape index (κ2) is 4.01. The van der Waals surface area contributed by atoms with Gasteiger partial charge in [0, 0.05) is 5.56 Å². The maximum absolute atomic E-state index is 12.6. The fourth-order valence-corrected chi connectivity index (χ4v) is 1.66. The number of aromatic nitrogens is 1. The van der Waals surface area contributed by atoms with Gasteiger partial charge in [0.25, 0.3) is 5.60 Å². The van der Waals surface area contributed by atoms with Crippen molar-refractivity contribution in [2.45, 2.75) is 18.0 Å². The SMILES string of the molecule is O=c1[nH]c2ccc(C(O)(C(F)(F)F)C(F)(F)F)cc2o1. The summed E-state index contributed by atoms with van der Waals surface area (Å²) in [6, 6.07) is 1.50. The molecule has 0 amide bonds. The third-order valence-corrected chi connectivity index (χ3v) is 2.66. The van der Waals surface area contributed by atoms with Crippen LogP contribution in [0.15, 0.2) is 27.4 Å². The standard InChI is InChI=1S/C10H5F6NO3/c11-9(12,13)8(19,10(14,15)16)4-1-2-5-6(3-4)20-7(18)17-5/h1-3,19H,(H,17,18). The van der Waals surface area contributed by atoms with Gasteiger partial charge in [-0.15, -0.1) is 0 Å². The van der Waals surface area contributed by atoms with E-state index in [0.717, 1.165) is 6.07 Å². The Labute approximate surface area is 105 Å². The zero-order valence-electron chi connectivity index (χ0n) is 9.26. The molecule has 0 fully saturated rings. The molecule has 0 saturated carbocycles. The smallest absolute Gasteiger partial charge is 0.408 e. The van der Waals surface area contributed by atoms with Crippen LogP contribution >= 0.6 is 0 Å². The number of H-pyrrole nitrogens is 1. The number of benzene rings is 1. The van der Waals surface area contributed by atoms with Crippen molar-refractivity contribution >= 4 is 11.1 Å². The monoisotopic (exact) mass is 301 g/mol. The average Bonchev–Trinajstić information content (AvgIpc) is 2.63. The highest BCUT2D eigenvalue weighted by Gasteiger charge is 2.71. The van der Waals surface area contributed by atoms with E-state index in [9.17, 15) is 31.1 Å². The van der Waals surface area contributed by atoms with Crippen molar-refractivity contribution in [3.8, 4) is 0 Å². The number of aromatic amines is 1. The minimum atomic E-state index is -5.99. The quantitative estimate of drug-likeness (QED) is 0.795. The summed E-state index contributed by atoms with van der Waals surface area (Å²) in [5.74, 6) is -1.04. The number of halogens is 6. The van der Waals surface area contributed by atoms with Crippen LogP contribution in [0.4, 0.5) is 26.3 Å². The van der Waals surface area contributed by atoms with E-state index in [4.69, 9.17) is 5.11 Å². The fourth-order valence-electron chi connectivity index (χ4n) is 1.66. The first kappa shape index (κ1) is 14.4. The van der Waals surface area contributed by atoms with E-state index in [1.54, 1.807) is 0 Å². The van der Waals surface area contributed by atoms with Gasteiger partial charge in [0.15, 0.2) is 5.58 Å². The van der Waals surface area contributed by atoms with Crippen LogP contribution in [0, 0.1) is 0 Å². The Kier molecular flexibility index (Phi) is 2.90. The van der Waals surface area contributed by atoms with Gasteiger partial charge in [0.2, 0.25) is 0 Å². The normalized spacial score (nSPS) is 13.9. The molecule has 0 spiro atoms. The van der Waals surface area contributed by atoms with E-state index in [2.05, 4.69) is 4.42 Å². The minimum absolute atomic E-state index is 0.0922. The molecule has 2 aromatic rings. The van der Waals surface area contributed by atoms with Gasteiger partial charge in [-0.1, -0.05) is 6.07 Å². The molecular formula is C10H5F6NO3. The van der Waals surface area contributed by atoms with E-state index >= 15 is 0 Å². The third kappa shape index (κ3) is 1.96. The average molecular weight is 301 g/mol. The summed E-state index contributed by atoms with van der Waals surface area (Å²) in [5, 5.41) is 9.14. The van der Waals surface area contributed by atoms with Crippen molar-refractivity contribution in [3.05, 3.63) is 34.3 Å². The summed E-state index contributed by atoms with van der Waals surface area (Å²) < 4.78 is 80.1. The highest BCUT2D eigenvalue weighted by atomic mass is 19.4. The van der Waals surface area contributed by atoms with Crippen LogP contribution < -0.4 is 5.76 Å². The molecule has 0 radical (unpaired) electrons. The van der Waals surface area contributed by atoms with Crippen LogP contribution in [0.1, 0.15) is 5.56 Å². The lowest BCUT2D eigenvalue weighted by molar-refractivity contribution is -0.376. The van der Waals surface area contributed by atoms with Crippen LogP contribution in [0.5, 0.6) is 0 Å². The maximum Gasteiger partial charge on any atom is 0.430 e. The molecule has 1 heterocycles. The van der Waals surface area contributed by atoms with Gasteiger partial charge >= 0.3 is 18.1 Å². The zero-order chi connectivity index (χ0) is 15.3. The third-order valence-electron chi connectivity index (χ3n) is 2.66. The fraction of sp³-hybridized carbons (Fsp3) is 0.300. The first-order valence-electron chi connectivity index (χ1n) is 4.96. The highest BCUT2D eigenvalue weighted by molar-refractivity contribution is 5.73. The molecule has 0 bridgehead atoms. The van der Waals surface area contributed by atoms with Crippen LogP contribution in [-0.2, 0) is 5.60 Å². The number of fused-ring (bicyclic) bond motifs is 1. The molecule has 0 saturated heterocycles. The predicted molar refractivity (Wildman–Crippen MR) is 52.8 cm³/mol. The van der Waals surface area contributed by atoms with E-state index < -0.39 is 34.9 Å². The molecule has 0 atom stereocenters. The maximum atomic E-state index is 12.6. The molecular weight excluding hydrogens is 296 g/mol. The first-order chi connectivity index (χ1) is 8.97. The molecule has 0 aliphatic heterocycles. The van der Waals surface area contributed by atoms with Crippen LogP contribution in [-0.4, -0.2) is 22.4 Å². The molecule has 0 unspecified atom stereocenters. The molecule has 0 aliphatic rings. The second-order valence-electron chi connectivity index (χ2n) is 3.93. The largest absolute Gasteiger partial charge is 0.430 e. The molecule has 2 rings (SSSR count). The van der Waals surface area contributed by atoms with Gasteiger partial charge in [-0.3, -0.25) is 4.98 Å². The molecule has 10 heteroatoms. The first-order valence-corrected chi connectivity index (χ1v) is 4.96. The summed E-state index contributed by atoms with van der Waals surface area (Å²) in [6.45, 7) is 0. The summed E-state index contributed by atoms with van der Waals surface area (Å²) in [4.78, 5) is 12.9. The molecule has 1 aromatic heterocycles. The molecule has 1 aromatic carbocycles. The van der Waals surface area contributed by atoms with Crippen LogP contribution in [0.25, 0.3) is 11.1 Å². The number of nitrogens with one attached hydrogen (secondary N) is 1. The van der Waals surface area contributed by atoms with Gasteiger partial charge in [0.1, 0.15) is 0 Å².